The minimum atomic E-state index is 0.0500. The van der Waals surface area contributed by atoms with Crippen molar-refractivity contribution in [2.75, 3.05) is 4.90 Å². The lowest BCUT2D eigenvalue weighted by molar-refractivity contribution is 0.584. The molecule has 5 heteroatoms. The van der Waals surface area contributed by atoms with Crippen LogP contribution in [-0.4, -0.2) is 21.0 Å². The molecule has 2 aromatic heterocycles. The first-order valence-electron chi connectivity index (χ1n) is 21.1. The zero-order valence-electron chi connectivity index (χ0n) is 33.6. The van der Waals surface area contributed by atoms with Crippen molar-refractivity contribution < 1.29 is 4.42 Å². The highest BCUT2D eigenvalue weighted by atomic mass is 16.3. The smallest absolute Gasteiger partial charge is 0.167 e. The summed E-state index contributed by atoms with van der Waals surface area (Å²) in [6.45, 7) is 0. The van der Waals surface area contributed by atoms with E-state index in [0.717, 1.165) is 61.4 Å². The van der Waals surface area contributed by atoms with Crippen LogP contribution in [0.5, 0.6) is 0 Å². The van der Waals surface area contributed by atoms with Gasteiger partial charge in [-0.2, -0.15) is 0 Å². The summed E-state index contributed by atoms with van der Waals surface area (Å²) in [5, 5.41) is 1.06. The Morgan fingerprint density at radius 2 is 0.952 bits per heavy atom. The summed E-state index contributed by atoms with van der Waals surface area (Å²) < 4.78 is 6.96. The van der Waals surface area contributed by atoms with Crippen molar-refractivity contribution in [1.82, 2.24) is 15.0 Å². The molecule has 2 unspecified atom stereocenters. The van der Waals surface area contributed by atoms with Gasteiger partial charge in [0.1, 0.15) is 11.3 Å². The van der Waals surface area contributed by atoms with Crippen LogP contribution in [0.2, 0.25) is 0 Å². The molecule has 5 nitrogen and oxygen atoms in total. The van der Waals surface area contributed by atoms with E-state index in [0.29, 0.717) is 17.5 Å². The van der Waals surface area contributed by atoms with Crippen LogP contribution in [0.4, 0.5) is 11.4 Å². The van der Waals surface area contributed by atoms with Crippen LogP contribution < -0.4 is 4.90 Å². The fourth-order valence-corrected chi connectivity index (χ4v) is 9.42. The normalized spacial score (nSPS) is 15.0. The molecule has 0 saturated carbocycles. The highest BCUT2D eigenvalue weighted by Gasteiger charge is 2.43. The summed E-state index contributed by atoms with van der Waals surface area (Å²) in [6, 6.07) is 72.5. The van der Waals surface area contributed by atoms with Gasteiger partial charge in [-0.3, -0.25) is 0 Å². The first kappa shape index (κ1) is 35.8. The summed E-state index contributed by atoms with van der Waals surface area (Å²) in [4.78, 5) is 18.2. The third-order valence-corrected chi connectivity index (χ3v) is 12.3. The minimum Gasteiger partial charge on any atom is -0.456 e. The topological polar surface area (TPSA) is 55.1 Å². The summed E-state index contributed by atoms with van der Waals surface area (Å²) in [5.74, 6) is 2.67. The van der Waals surface area contributed by atoms with Crippen LogP contribution in [0.1, 0.15) is 22.8 Å². The van der Waals surface area contributed by atoms with Crippen molar-refractivity contribution in [3.8, 4) is 67.5 Å². The SMILES string of the molecule is C1=CC2C(c3ccccc3N2c2cccc(-c3ccccc3)c2)c2c1oc1c(-c3nc(-c4ccccc4)nc(-c4cc(-c5ccccc5)cc(-c5ccccc5)c4)n3)cccc21. The number of para-hydroxylation sites is 2. The van der Waals surface area contributed by atoms with E-state index >= 15 is 0 Å². The molecule has 0 radical (unpaired) electrons. The number of anilines is 2. The maximum absolute atomic E-state index is 6.96. The first-order valence-corrected chi connectivity index (χ1v) is 21.1. The summed E-state index contributed by atoms with van der Waals surface area (Å²) in [5.41, 5.74) is 15.0. The Labute approximate surface area is 360 Å². The lowest BCUT2D eigenvalue weighted by atomic mass is 9.82. The second-order valence-electron chi connectivity index (χ2n) is 15.9. The largest absolute Gasteiger partial charge is 0.456 e. The van der Waals surface area contributed by atoms with E-state index in [9.17, 15) is 0 Å². The maximum atomic E-state index is 6.96. The number of benzene rings is 8. The van der Waals surface area contributed by atoms with Gasteiger partial charge in [-0.05, 0) is 87.5 Å². The van der Waals surface area contributed by atoms with Crippen molar-refractivity contribution in [3.05, 3.63) is 229 Å². The molecule has 10 aromatic rings. The molecule has 2 aliphatic rings. The van der Waals surface area contributed by atoms with Gasteiger partial charge in [0.15, 0.2) is 17.5 Å². The van der Waals surface area contributed by atoms with E-state index in [1.807, 2.05) is 30.3 Å². The van der Waals surface area contributed by atoms with E-state index < -0.39 is 0 Å². The highest BCUT2D eigenvalue weighted by Crippen LogP contribution is 2.54. The molecular formula is C57H38N4O. The highest BCUT2D eigenvalue weighted by molar-refractivity contribution is 5.98. The fourth-order valence-electron chi connectivity index (χ4n) is 9.42. The van der Waals surface area contributed by atoms with Crippen LogP contribution in [0.15, 0.2) is 217 Å². The number of aromatic nitrogens is 3. The van der Waals surface area contributed by atoms with Gasteiger partial charge in [-0.1, -0.05) is 170 Å². The fraction of sp³-hybridized carbons (Fsp3) is 0.0351. The van der Waals surface area contributed by atoms with Crippen molar-refractivity contribution >= 4 is 28.4 Å². The van der Waals surface area contributed by atoms with Crippen LogP contribution in [0, 0.1) is 0 Å². The van der Waals surface area contributed by atoms with Gasteiger partial charge in [-0.25, -0.2) is 15.0 Å². The number of fused-ring (bicyclic) bond motifs is 7. The van der Waals surface area contributed by atoms with Crippen molar-refractivity contribution in [2.24, 2.45) is 0 Å². The minimum absolute atomic E-state index is 0.0500. The molecule has 3 heterocycles. The van der Waals surface area contributed by atoms with Gasteiger partial charge in [0, 0.05) is 39.4 Å². The Morgan fingerprint density at radius 1 is 0.419 bits per heavy atom. The summed E-state index contributed by atoms with van der Waals surface area (Å²) in [6.07, 6.45) is 4.47. The Morgan fingerprint density at radius 3 is 1.63 bits per heavy atom. The zero-order chi connectivity index (χ0) is 41.0. The average Bonchev–Trinajstić information content (AvgIpc) is 3.91. The van der Waals surface area contributed by atoms with Crippen LogP contribution in [0.3, 0.4) is 0 Å². The second-order valence-corrected chi connectivity index (χ2v) is 15.9. The van der Waals surface area contributed by atoms with Gasteiger partial charge >= 0.3 is 0 Å². The van der Waals surface area contributed by atoms with Crippen molar-refractivity contribution in [3.63, 3.8) is 0 Å². The Balaban J connectivity index is 1.01. The third-order valence-electron chi connectivity index (χ3n) is 12.3. The molecule has 1 aliphatic carbocycles. The van der Waals surface area contributed by atoms with E-state index in [2.05, 4.69) is 193 Å². The molecule has 0 spiro atoms. The predicted octanol–water partition coefficient (Wildman–Crippen LogP) is 14.3. The molecule has 2 atom stereocenters. The van der Waals surface area contributed by atoms with Crippen LogP contribution in [0.25, 0.3) is 84.6 Å². The number of furan rings is 1. The number of hydrogen-bond donors (Lipinski definition) is 0. The number of rotatable bonds is 7. The Kier molecular flexibility index (Phi) is 8.56. The Bertz CT molecular complexity index is 3250. The van der Waals surface area contributed by atoms with Gasteiger partial charge in [0.25, 0.3) is 0 Å². The number of hydrogen-bond acceptors (Lipinski definition) is 5. The quantitative estimate of drug-likeness (QED) is 0.161. The molecule has 292 valence electrons. The monoisotopic (exact) mass is 794 g/mol. The zero-order valence-corrected chi connectivity index (χ0v) is 33.6. The lowest BCUT2D eigenvalue weighted by Crippen LogP contribution is -2.30. The third kappa shape index (κ3) is 6.13. The Hall–Kier alpha value is -8.15. The van der Waals surface area contributed by atoms with Gasteiger partial charge < -0.3 is 9.32 Å². The molecular weight excluding hydrogens is 757 g/mol. The standard InChI is InChI=1S/C57H38N4O/c1-5-17-37(18-6-1)41-25-15-26-45(36-41)61-49-30-14-13-27-46(49)52-50(61)31-32-51-53(52)47-28-16-29-48(54(47)62-51)57-59-55(40-23-11-4-12-24-40)58-56(60-57)44-34-42(38-19-7-2-8-20-38)33-43(35-44)39-21-9-3-10-22-39/h1-36,50,52H. The van der Waals surface area contributed by atoms with Crippen LogP contribution >= 0.6 is 0 Å². The molecule has 0 amide bonds. The molecule has 12 rings (SSSR count). The second kappa shape index (κ2) is 14.8. The molecule has 1 aliphatic heterocycles. The average molecular weight is 795 g/mol. The molecule has 0 N–H and O–H groups in total. The number of nitrogens with zero attached hydrogens (tertiary/aromatic N) is 4. The molecule has 0 fully saturated rings. The van der Waals surface area contributed by atoms with E-state index in [4.69, 9.17) is 19.4 Å². The molecule has 8 aromatic carbocycles. The predicted molar refractivity (Wildman–Crippen MR) is 252 cm³/mol. The first-order chi connectivity index (χ1) is 30.7. The van der Waals surface area contributed by atoms with Crippen molar-refractivity contribution in [2.45, 2.75) is 12.0 Å². The summed E-state index contributed by atoms with van der Waals surface area (Å²) in [7, 11) is 0. The maximum Gasteiger partial charge on any atom is 0.167 e. The lowest BCUT2D eigenvalue weighted by Gasteiger charge is -2.30. The van der Waals surface area contributed by atoms with Crippen LogP contribution in [-0.2, 0) is 0 Å². The van der Waals surface area contributed by atoms with E-state index in [1.165, 1.54) is 27.9 Å². The molecule has 0 saturated heterocycles. The van der Waals surface area contributed by atoms with Gasteiger partial charge in [0.2, 0.25) is 0 Å². The van der Waals surface area contributed by atoms with E-state index in [1.54, 1.807) is 0 Å². The van der Waals surface area contributed by atoms with Gasteiger partial charge in [-0.15, -0.1) is 0 Å². The molecule has 0 bridgehead atoms. The van der Waals surface area contributed by atoms with Crippen molar-refractivity contribution in [1.29, 1.82) is 0 Å². The van der Waals surface area contributed by atoms with E-state index in [-0.39, 0.29) is 12.0 Å². The van der Waals surface area contributed by atoms with Gasteiger partial charge in [0.05, 0.1) is 11.6 Å². The molecule has 62 heavy (non-hydrogen) atoms. The summed E-state index contributed by atoms with van der Waals surface area (Å²) >= 11 is 0.